The number of rotatable bonds is 3. The van der Waals surface area contributed by atoms with Gasteiger partial charge in [0.15, 0.2) is 0 Å². The van der Waals surface area contributed by atoms with Gasteiger partial charge >= 0.3 is 0 Å². The van der Waals surface area contributed by atoms with Crippen LogP contribution in [0.4, 0.5) is 11.4 Å². The zero-order chi connectivity index (χ0) is 12.5. The highest BCUT2D eigenvalue weighted by molar-refractivity contribution is 7.89. The maximum atomic E-state index is 11.3. The van der Waals surface area contributed by atoms with Gasteiger partial charge in [0.1, 0.15) is 0 Å². The predicted octanol–water partition coefficient (Wildman–Crippen LogP) is 0.222. The molecule has 4 N–H and O–H groups in total. The molecule has 0 heterocycles. The van der Waals surface area contributed by atoms with E-state index in [1.54, 1.807) is 20.0 Å². The van der Waals surface area contributed by atoms with E-state index in [4.69, 9.17) is 15.7 Å². The van der Waals surface area contributed by atoms with Crippen molar-refractivity contribution >= 4 is 21.4 Å². The minimum atomic E-state index is -3.78. The minimum absolute atomic E-state index is 0.00593. The number of sulfonamides is 1. The number of nitrogens with zero attached hydrogens (tertiary/aromatic N) is 1. The Morgan fingerprint density at radius 2 is 1.94 bits per heavy atom. The normalized spacial score (nSPS) is 11.5. The molecule has 0 bridgehead atoms. The van der Waals surface area contributed by atoms with Crippen molar-refractivity contribution in [2.75, 3.05) is 25.0 Å². The molecule has 1 aromatic rings. The third-order valence-corrected chi connectivity index (χ3v) is 3.31. The summed E-state index contributed by atoms with van der Waals surface area (Å²) in [5, 5.41) is 6.51. The van der Waals surface area contributed by atoms with E-state index < -0.39 is 10.0 Å². The van der Waals surface area contributed by atoms with Gasteiger partial charge < -0.3 is 5.73 Å². The van der Waals surface area contributed by atoms with Crippen molar-refractivity contribution < 1.29 is 13.3 Å². The fraction of sp³-hybridized carbons (Fsp3) is 0.333. The number of hydrogen-bond donors (Lipinski definition) is 2. The summed E-state index contributed by atoms with van der Waals surface area (Å²) < 4.78 is 22.7. The fourth-order valence-electron chi connectivity index (χ4n) is 1.41. The summed E-state index contributed by atoms with van der Waals surface area (Å²) in [7, 11) is -0.663. The van der Waals surface area contributed by atoms with Crippen LogP contribution in [0.5, 0.6) is 0 Å². The van der Waals surface area contributed by atoms with Gasteiger partial charge in [-0.2, -0.15) is 0 Å². The standard InChI is InChI=1S/C9H15N3O3S/c1-6-8(12(2)15-3)4-7(10)5-9(6)16(11,13)14/h4-5H,10H2,1-3H3,(H2,11,13,14). The first-order valence-corrected chi connectivity index (χ1v) is 6.02. The Labute approximate surface area is 94.8 Å². The van der Waals surface area contributed by atoms with Crippen molar-refractivity contribution in [1.82, 2.24) is 0 Å². The minimum Gasteiger partial charge on any atom is -0.399 e. The van der Waals surface area contributed by atoms with Crippen molar-refractivity contribution in [2.45, 2.75) is 11.8 Å². The first-order chi connectivity index (χ1) is 7.27. The molecule has 0 amide bonds. The summed E-state index contributed by atoms with van der Waals surface area (Å²) in [6, 6.07) is 2.95. The summed E-state index contributed by atoms with van der Waals surface area (Å²) in [5.74, 6) is 0. The van der Waals surface area contributed by atoms with Crippen molar-refractivity contribution in [3.63, 3.8) is 0 Å². The molecular formula is C9H15N3O3S. The summed E-state index contributed by atoms with van der Waals surface area (Å²) in [4.78, 5) is 4.99. The molecule has 0 saturated carbocycles. The van der Waals surface area contributed by atoms with Gasteiger partial charge in [0.2, 0.25) is 10.0 Å². The van der Waals surface area contributed by atoms with Gasteiger partial charge in [0.25, 0.3) is 0 Å². The Kier molecular flexibility index (Phi) is 3.41. The van der Waals surface area contributed by atoms with Gasteiger partial charge in [0.05, 0.1) is 17.7 Å². The van der Waals surface area contributed by atoms with Gasteiger partial charge in [-0.3, -0.25) is 9.90 Å². The Bertz CT molecular complexity index is 499. The molecule has 1 rings (SSSR count). The zero-order valence-electron chi connectivity index (χ0n) is 9.39. The quantitative estimate of drug-likeness (QED) is 0.586. The number of hydroxylamine groups is 1. The van der Waals surface area contributed by atoms with E-state index in [9.17, 15) is 8.42 Å². The lowest BCUT2D eigenvalue weighted by Gasteiger charge is -2.20. The van der Waals surface area contributed by atoms with Gasteiger partial charge in [-0.25, -0.2) is 13.6 Å². The van der Waals surface area contributed by atoms with E-state index in [1.165, 1.54) is 18.2 Å². The van der Waals surface area contributed by atoms with E-state index in [2.05, 4.69) is 0 Å². The Hall–Kier alpha value is -1.31. The SMILES string of the molecule is CON(C)c1cc(N)cc(S(N)(=O)=O)c1C. The van der Waals surface area contributed by atoms with Crippen LogP contribution in [0.15, 0.2) is 17.0 Å². The van der Waals surface area contributed by atoms with Crippen LogP contribution in [0.3, 0.4) is 0 Å². The van der Waals surface area contributed by atoms with Gasteiger partial charge in [-0.15, -0.1) is 0 Å². The van der Waals surface area contributed by atoms with E-state index >= 15 is 0 Å². The number of primary sulfonamides is 1. The molecule has 0 aliphatic rings. The molecule has 0 aliphatic carbocycles. The zero-order valence-corrected chi connectivity index (χ0v) is 10.2. The van der Waals surface area contributed by atoms with Crippen molar-refractivity contribution in [3.05, 3.63) is 17.7 Å². The molecule has 7 heteroatoms. The Balaban J connectivity index is 3.50. The van der Waals surface area contributed by atoms with Gasteiger partial charge in [0, 0.05) is 12.7 Å². The van der Waals surface area contributed by atoms with Crippen LogP contribution in [0.2, 0.25) is 0 Å². The largest absolute Gasteiger partial charge is 0.399 e. The van der Waals surface area contributed by atoms with E-state index in [0.29, 0.717) is 16.9 Å². The summed E-state index contributed by atoms with van der Waals surface area (Å²) in [6.07, 6.45) is 0. The predicted molar refractivity (Wildman–Crippen MR) is 62.4 cm³/mol. The number of nitrogen functional groups attached to an aromatic ring is 1. The number of benzene rings is 1. The summed E-state index contributed by atoms with van der Waals surface area (Å²) in [6.45, 7) is 1.64. The highest BCUT2D eigenvalue weighted by Gasteiger charge is 2.17. The average Bonchev–Trinajstić information content (AvgIpc) is 2.18. The third-order valence-electron chi connectivity index (χ3n) is 2.27. The highest BCUT2D eigenvalue weighted by atomic mass is 32.2. The molecule has 6 nitrogen and oxygen atoms in total. The molecule has 0 aliphatic heterocycles. The van der Waals surface area contributed by atoms with Crippen LogP contribution < -0.4 is 15.9 Å². The first-order valence-electron chi connectivity index (χ1n) is 4.48. The second-order valence-corrected chi connectivity index (χ2v) is 4.92. The van der Waals surface area contributed by atoms with E-state index in [-0.39, 0.29) is 4.90 Å². The van der Waals surface area contributed by atoms with Gasteiger partial charge in [-0.1, -0.05) is 0 Å². The molecular weight excluding hydrogens is 230 g/mol. The average molecular weight is 245 g/mol. The lowest BCUT2D eigenvalue weighted by molar-refractivity contribution is 0.184. The van der Waals surface area contributed by atoms with Crippen LogP contribution in [-0.2, 0) is 14.9 Å². The fourth-order valence-corrected chi connectivity index (χ4v) is 2.25. The lowest BCUT2D eigenvalue weighted by atomic mass is 10.2. The Morgan fingerprint density at radius 3 is 2.38 bits per heavy atom. The molecule has 0 fully saturated rings. The summed E-state index contributed by atoms with van der Waals surface area (Å²) in [5.41, 5.74) is 6.99. The van der Waals surface area contributed by atoms with E-state index in [0.717, 1.165) is 0 Å². The molecule has 0 atom stereocenters. The molecule has 0 unspecified atom stereocenters. The molecule has 0 radical (unpaired) electrons. The second-order valence-electron chi connectivity index (χ2n) is 3.39. The molecule has 0 aromatic heterocycles. The first kappa shape index (κ1) is 12.8. The Morgan fingerprint density at radius 1 is 1.38 bits per heavy atom. The van der Waals surface area contributed by atoms with Crippen molar-refractivity contribution in [2.24, 2.45) is 5.14 Å². The van der Waals surface area contributed by atoms with Crippen LogP contribution in [0, 0.1) is 6.92 Å². The van der Waals surface area contributed by atoms with E-state index in [1.807, 2.05) is 0 Å². The lowest BCUT2D eigenvalue weighted by Crippen LogP contribution is -2.20. The van der Waals surface area contributed by atoms with Crippen LogP contribution in [-0.4, -0.2) is 22.6 Å². The monoisotopic (exact) mass is 245 g/mol. The number of hydrogen-bond acceptors (Lipinski definition) is 5. The maximum Gasteiger partial charge on any atom is 0.238 e. The number of anilines is 2. The second kappa shape index (κ2) is 4.28. The highest BCUT2D eigenvalue weighted by Crippen LogP contribution is 2.28. The van der Waals surface area contributed by atoms with Crippen molar-refractivity contribution in [1.29, 1.82) is 0 Å². The molecule has 16 heavy (non-hydrogen) atoms. The van der Waals surface area contributed by atoms with Crippen LogP contribution in [0.1, 0.15) is 5.56 Å². The van der Waals surface area contributed by atoms with Crippen LogP contribution >= 0.6 is 0 Å². The molecule has 90 valence electrons. The smallest absolute Gasteiger partial charge is 0.238 e. The van der Waals surface area contributed by atoms with Crippen molar-refractivity contribution in [3.8, 4) is 0 Å². The molecule has 1 aromatic carbocycles. The van der Waals surface area contributed by atoms with Gasteiger partial charge in [-0.05, 0) is 24.6 Å². The number of nitrogens with two attached hydrogens (primary N) is 2. The molecule has 0 saturated heterocycles. The third kappa shape index (κ3) is 2.43. The topological polar surface area (TPSA) is 98.7 Å². The summed E-state index contributed by atoms with van der Waals surface area (Å²) >= 11 is 0. The maximum absolute atomic E-state index is 11.3. The van der Waals surface area contributed by atoms with Crippen LogP contribution in [0.25, 0.3) is 0 Å². The molecule has 0 spiro atoms.